The fraction of sp³-hybridized carbons (Fsp3) is 0.882. The molecule has 8 nitrogen and oxygen atoms in total. The lowest BCUT2D eigenvalue weighted by atomic mass is 10.2. The van der Waals surface area contributed by atoms with Gasteiger partial charge in [0.1, 0.15) is 11.2 Å². The number of nitrogens with one attached hydrogen (secondary N) is 2. The number of alkyl carbamates (subject to hydrolysis) is 2. The van der Waals surface area contributed by atoms with Crippen LogP contribution in [-0.4, -0.2) is 72.2 Å². The van der Waals surface area contributed by atoms with E-state index in [1.54, 1.807) is 48.5 Å². The molecule has 0 radical (unpaired) electrons. The maximum atomic E-state index is 11.6. The SMILES string of the molecule is CC(O)CN(CCNC(=O)OC(C)(C)C)CCNC(=O)OC(C)(C)C. The maximum absolute atomic E-state index is 11.6. The lowest BCUT2D eigenvalue weighted by molar-refractivity contribution is 0.0517. The van der Waals surface area contributed by atoms with E-state index in [-0.39, 0.29) is 0 Å². The van der Waals surface area contributed by atoms with E-state index >= 15 is 0 Å². The first-order valence-electron chi connectivity index (χ1n) is 8.62. The Balaban J connectivity index is 4.20. The molecule has 0 aromatic heterocycles. The number of ether oxygens (including phenoxy) is 2. The van der Waals surface area contributed by atoms with Gasteiger partial charge in [-0.3, -0.25) is 4.90 Å². The number of nitrogens with zero attached hydrogens (tertiary/aromatic N) is 1. The van der Waals surface area contributed by atoms with Gasteiger partial charge in [-0.05, 0) is 48.5 Å². The largest absolute Gasteiger partial charge is 0.444 e. The first-order valence-corrected chi connectivity index (χ1v) is 8.62. The Morgan fingerprint density at radius 2 is 1.28 bits per heavy atom. The Morgan fingerprint density at radius 1 is 0.920 bits per heavy atom. The highest BCUT2D eigenvalue weighted by molar-refractivity contribution is 5.68. The highest BCUT2D eigenvalue weighted by Gasteiger charge is 2.17. The minimum atomic E-state index is -0.541. The van der Waals surface area contributed by atoms with Gasteiger partial charge in [-0.25, -0.2) is 9.59 Å². The second-order valence-corrected chi connectivity index (χ2v) is 8.01. The first kappa shape index (κ1) is 23.5. The average molecular weight is 361 g/mol. The van der Waals surface area contributed by atoms with Gasteiger partial charge >= 0.3 is 12.2 Å². The van der Waals surface area contributed by atoms with E-state index in [1.807, 2.05) is 4.90 Å². The lowest BCUT2D eigenvalue weighted by Crippen LogP contribution is -2.43. The number of carbonyl (C=O) groups is 2. The number of hydrogen-bond donors (Lipinski definition) is 3. The zero-order valence-electron chi connectivity index (χ0n) is 16.6. The molecule has 0 bridgehead atoms. The van der Waals surface area contributed by atoms with Crippen molar-refractivity contribution in [3.8, 4) is 0 Å². The summed E-state index contributed by atoms with van der Waals surface area (Å²) in [6, 6.07) is 0. The third-order valence-corrected chi connectivity index (χ3v) is 2.71. The van der Waals surface area contributed by atoms with Crippen molar-refractivity contribution < 1.29 is 24.2 Å². The summed E-state index contributed by atoms with van der Waals surface area (Å²) in [5.74, 6) is 0. The van der Waals surface area contributed by atoms with E-state index < -0.39 is 29.5 Å². The van der Waals surface area contributed by atoms with Crippen LogP contribution in [-0.2, 0) is 9.47 Å². The Morgan fingerprint density at radius 3 is 1.56 bits per heavy atom. The average Bonchev–Trinajstić information content (AvgIpc) is 2.33. The zero-order chi connectivity index (χ0) is 19.7. The molecule has 0 heterocycles. The third kappa shape index (κ3) is 15.7. The Labute approximate surface area is 151 Å². The van der Waals surface area contributed by atoms with Crippen molar-refractivity contribution in [2.24, 2.45) is 0 Å². The molecular weight excluding hydrogens is 326 g/mol. The number of hydrogen-bond acceptors (Lipinski definition) is 6. The molecule has 0 aliphatic rings. The molecule has 3 N–H and O–H groups in total. The third-order valence-electron chi connectivity index (χ3n) is 2.71. The van der Waals surface area contributed by atoms with Crippen LogP contribution >= 0.6 is 0 Å². The maximum Gasteiger partial charge on any atom is 0.407 e. The van der Waals surface area contributed by atoms with E-state index in [2.05, 4.69) is 10.6 Å². The Hall–Kier alpha value is -1.54. The van der Waals surface area contributed by atoms with Gasteiger partial charge in [0, 0.05) is 32.7 Å². The van der Waals surface area contributed by atoms with Gasteiger partial charge in [-0.2, -0.15) is 0 Å². The van der Waals surface area contributed by atoms with E-state index in [0.29, 0.717) is 32.7 Å². The summed E-state index contributed by atoms with van der Waals surface area (Å²) < 4.78 is 10.3. The molecule has 8 heteroatoms. The van der Waals surface area contributed by atoms with Crippen molar-refractivity contribution in [2.45, 2.75) is 65.8 Å². The fourth-order valence-corrected chi connectivity index (χ4v) is 1.93. The number of aliphatic hydroxyl groups is 1. The van der Waals surface area contributed by atoms with Crippen molar-refractivity contribution >= 4 is 12.2 Å². The summed E-state index contributed by atoms with van der Waals surface area (Å²) in [6.45, 7) is 14.7. The molecule has 1 atom stereocenters. The summed E-state index contributed by atoms with van der Waals surface area (Å²) in [4.78, 5) is 25.2. The van der Waals surface area contributed by atoms with Crippen LogP contribution in [0.15, 0.2) is 0 Å². The predicted molar refractivity (Wildman–Crippen MR) is 96.6 cm³/mol. The number of rotatable bonds is 8. The molecule has 0 saturated heterocycles. The van der Waals surface area contributed by atoms with Crippen molar-refractivity contribution in [1.82, 2.24) is 15.5 Å². The summed E-state index contributed by atoms with van der Waals surface area (Å²) in [5, 5.41) is 14.9. The molecule has 148 valence electrons. The molecule has 0 saturated carbocycles. The summed E-state index contributed by atoms with van der Waals surface area (Å²) in [5.41, 5.74) is -1.08. The van der Waals surface area contributed by atoms with Gasteiger partial charge in [0.05, 0.1) is 6.10 Å². The normalized spacial score (nSPS) is 13.3. The number of aliphatic hydroxyl groups excluding tert-OH is 1. The number of carbonyl (C=O) groups excluding carboxylic acids is 2. The van der Waals surface area contributed by atoms with Crippen molar-refractivity contribution in [2.75, 3.05) is 32.7 Å². The molecule has 0 spiro atoms. The summed E-state index contributed by atoms with van der Waals surface area (Å²) in [6.07, 6.45) is -1.46. The summed E-state index contributed by atoms with van der Waals surface area (Å²) in [7, 11) is 0. The van der Waals surface area contributed by atoms with E-state index in [1.165, 1.54) is 0 Å². The van der Waals surface area contributed by atoms with E-state index in [9.17, 15) is 14.7 Å². The molecule has 2 amide bonds. The highest BCUT2D eigenvalue weighted by atomic mass is 16.6. The van der Waals surface area contributed by atoms with E-state index in [4.69, 9.17) is 9.47 Å². The fourth-order valence-electron chi connectivity index (χ4n) is 1.93. The van der Waals surface area contributed by atoms with Crippen LogP contribution in [0.5, 0.6) is 0 Å². The van der Waals surface area contributed by atoms with Gasteiger partial charge in [-0.15, -0.1) is 0 Å². The van der Waals surface area contributed by atoms with Crippen LogP contribution in [0, 0.1) is 0 Å². The predicted octanol–water partition coefficient (Wildman–Crippen LogP) is 1.72. The first-order chi connectivity index (χ1) is 11.3. The van der Waals surface area contributed by atoms with Crippen LogP contribution in [0.3, 0.4) is 0 Å². The van der Waals surface area contributed by atoms with Crippen LogP contribution in [0.25, 0.3) is 0 Å². The molecular formula is C17H35N3O5. The van der Waals surface area contributed by atoms with E-state index in [0.717, 1.165) is 0 Å². The smallest absolute Gasteiger partial charge is 0.407 e. The summed E-state index contributed by atoms with van der Waals surface area (Å²) >= 11 is 0. The van der Waals surface area contributed by atoms with Crippen molar-refractivity contribution in [3.05, 3.63) is 0 Å². The van der Waals surface area contributed by atoms with Gasteiger partial charge in [0.15, 0.2) is 0 Å². The molecule has 0 aliphatic heterocycles. The Kier molecular flexibility index (Phi) is 9.81. The van der Waals surface area contributed by atoms with Crippen LogP contribution in [0.2, 0.25) is 0 Å². The van der Waals surface area contributed by atoms with Crippen LogP contribution in [0.4, 0.5) is 9.59 Å². The second-order valence-electron chi connectivity index (χ2n) is 8.01. The monoisotopic (exact) mass is 361 g/mol. The standard InChI is InChI=1S/C17H35N3O5/c1-13(21)12-20(10-8-18-14(22)24-16(2,3)4)11-9-19-15(23)25-17(5,6)7/h13,21H,8-12H2,1-7H3,(H,18,22)(H,19,23). The zero-order valence-corrected chi connectivity index (χ0v) is 16.6. The second kappa shape index (κ2) is 10.5. The quantitative estimate of drug-likeness (QED) is 0.609. The minimum absolute atomic E-state index is 0.383. The molecule has 25 heavy (non-hydrogen) atoms. The van der Waals surface area contributed by atoms with Gasteiger partial charge < -0.3 is 25.2 Å². The van der Waals surface area contributed by atoms with Crippen molar-refractivity contribution in [3.63, 3.8) is 0 Å². The lowest BCUT2D eigenvalue weighted by Gasteiger charge is -2.25. The van der Waals surface area contributed by atoms with Crippen LogP contribution in [0.1, 0.15) is 48.5 Å². The molecule has 1 unspecified atom stereocenters. The minimum Gasteiger partial charge on any atom is -0.444 e. The molecule has 0 aliphatic carbocycles. The highest BCUT2D eigenvalue weighted by Crippen LogP contribution is 2.07. The van der Waals surface area contributed by atoms with Crippen LogP contribution < -0.4 is 10.6 Å². The number of amides is 2. The van der Waals surface area contributed by atoms with Gasteiger partial charge in [0.2, 0.25) is 0 Å². The van der Waals surface area contributed by atoms with Gasteiger partial charge in [0.25, 0.3) is 0 Å². The molecule has 0 aromatic carbocycles. The topological polar surface area (TPSA) is 100 Å². The van der Waals surface area contributed by atoms with Crippen molar-refractivity contribution in [1.29, 1.82) is 0 Å². The Bertz CT molecular complexity index is 379. The van der Waals surface area contributed by atoms with Gasteiger partial charge in [-0.1, -0.05) is 0 Å². The molecule has 0 aromatic rings. The molecule has 0 rings (SSSR count). The molecule has 0 fully saturated rings.